The summed E-state index contributed by atoms with van der Waals surface area (Å²) in [4.78, 5) is 43.5. The molecule has 1 atom stereocenters. The van der Waals surface area contributed by atoms with Crippen LogP contribution in [0.25, 0.3) is 17.4 Å². The molecule has 1 N–H and O–H groups in total. The molecule has 210 valence electrons. The van der Waals surface area contributed by atoms with Crippen LogP contribution in [0.2, 0.25) is 5.02 Å². The second-order valence-electron chi connectivity index (χ2n) is 9.16. The number of benzene rings is 2. The second-order valence-corrected chi connectivity index (χ2v) is 10.6. The average Bonchev–Trinajstić information content (AvgIpc) is 3.55. The molecule has 1 aliphatic heterocycles. The summed E-state index contributed by atoms with van der Waals surface area (Å²) in [7, 11) is 1.27. The first-order valence-electron chi connectivity index (χ1n) is 12.7. The fraction of sp³-hybridized carbons (Fsp3) is 0.200. The van der Waals surface area contributed by atoms with Gasteiger partial charge in [-0.2, -0.15) is 0 Å². The Balaban J connectivity index is 1.67. The zero-order valence-corrected chi connectivity index (χ0v) is 23.9. The van der Waals surface area contributed by atoms with Crippen LogP contribution in [0.3, 0.4) is 0 Å². The zero-order valence-electron chi connectivity index (χ0n) is 22.3. The second kappa shape index (κ2) is 11.6. The summed E-state index contributed by atoms with van der Waals surface area (Å²) < 4.78 is 18.7. The molecule has 2 aromatic carbocycles. The Kier molecular flexibility index (Phi) is 7.96. The Bertz CT molecular complexity index is 1880. The largest absolute Gasteiger partial charge is 0.493 e. The van der Waals surface area contributed by atoms with Gasteiger partial charge < -0.3 is 19.0 Å². The molecule has 0 saturated heterocycles. The van der Waals surface area contributed by atoms with E-state index in [1.165, 1.54) is 17.7 Å². The minimum absolute atomic E-state index is 0.0983. The number of allylic oxidation sites excluding steroid dienone is 1. The van der Waals surface area contributed by atoms with Gasteiger partial charge in [-0.15, -0.1) is 0 Å². The number of carboxylic acids is 1. The number of hydrogen-bond donors (Lipinski definition) is 1. The van der Waals surface area contributed by atoms with E-state index >= 15 is 0 Å². The summed E-state index contributed by atoms with van der Waals surface area (Å²) >= 11 is 7.51. The number of aromatic nitrogens is 1. The van der Waals surface area contributed by atoms with Gasteiger partial charge in [0.15, 0.2) is 4.80 Å². The summed E-state index contributed by atoms with van der Waals surface area (Å²) in [5.41, 5.74) is 1.24. The summed E-state index contributed by atoms with van der Waals surface area (Å²) in [6.07, 6.45) is 2.32. The van der Waals surface area contributed by atoms with Crippen molar-refractivity contribution in [1.29, 1.82) is 0 Å². The predicted octanol–water partition coefficient (Wildman–Crippen LogP) is 4.81. The molecule has 2 aromatic heterocycles. The summed E-state index contributed by atoms with van der Waals surface area (Å²) in [6.45, 7) is 4.09. The van der Waals surface area contributed by atoms with Crippen LogP contribution in [0.4, 0.5) is 0 Å². The first-order chi connectivity index (χ1) is 19.7. The van der Waals surface area contributed by atoms with Crippen LogP contribution in [-0.2, 0) is 9.53 Å². The highest BCUT2D eigenvalue weighted by Gasteiger charge is 2.35. The molecular weight excluding hydrogens is 568 g/mol. The Morgan fingerprint density at radius 3 is 2.71 bits per heavy atom. The third kappa shape index (κ3) is 5.36. The number of nitrogens with zero attached hydrogens (tertiary/aromatic N) is 2. The van der Waals surface area contributed by atoms with Gasteiger partial charge in [0.05, 0.1) is 35.1 Å². The Labute approximate surface area is 243 Å². The number of halogens is 1. The maximum Gasteiger partial charge on any atom is 0.338 e. The van der Waals surface area contributed by atoms with E-state index in [0.717, 1.165) is 17.8 Å². The van der Waals surface area contributed by atoms with E-state index in [9.17, 15) is 19.5 Å². The van der Waals surface area contributed by atoms with Gasteiger partial charge in [-0.3, -0.25) is 9.36 Å². The lowest BCUT2D eigenvalue weighted by Crippen LogP contribution is -2.40. The van der Waals surface area contributed by atoms with Crippen molar-refractivity contribution in [2.75, 3.05) is 13.7 Å². The van der Waals surface area contributed by atoms with Crippen molar-refractivity contribution >= 4 is 41.0 Å². The molecule has 0 radical (unpaired) electrons. The minimum atomic E-state index is -1.08. The smallest absolute Gasteiger partial charge is 0.338 e. The maximum absolute atomic E-state index is 13.9. The van der Waals surface area contributed by atoms with Crippen molar-refractivity contribution in [3.63, 3.8) is 0 Å². The van der Waals surface area contributed by atoms with E-state index in [0.29, 0.717) is 55.1 Å². The fourth-order valence-corrected chi connectivity index (χ4v) is 5.86. The Morgan fingerprint density at radius 1 is 1.20 bits per heavy atom. The number of fused-ring (bicyclic) bond motifs is 1. The number of hydrogen-bond acceptors (Lipinski definition) is 8. The molecule has 9 nitrogen and oxygen atoms in total. The highest BCUT2D eigenvalue weighted by Crippen LogP contribution is 2.37. The molecule has 0 amide bonds. The summed E-state index contributed by atoms with van der Waals surface area (Å²) in [5.74, 6) is -0.521. The van der Waals surface area contributed by atoms with Crippen LogP contribution in [0.15, 0.2) is 80.1 Å². The molecule has 3 heterocycles. The molecule has 4 aromatic rings. The van der Waals surface area contributed by atoms with Crippen molar-refractivity contribution in [3.8, 4) is 17.1 Å². The first kappa shape index (κ1) is 28.1. The van der Waals surface area contributed by atoms with Crippen LogP contribution in [0.5, 0.6) is 5.75 Å². The number of esters is 1. The van der Waals surface area contributed by atoms with Crippen LogP contribution < -0.4 is 19.6 Å². The van der Waals surface area contributed by atoms with Gasteiger partial charge in [0.25, 0.3) is 5.56 Å². The number of carbonyl (C=O) groups excluding carboxylic acids is 1. The molecule has 11 heteroatoms. The van der Waals surface area contributed by atoms with Crippen molar-refractivity contribution in [1.82, 2.24) is 4.57 Å². The standard InChI is InChI=1S/C30H25ClN2O7S/c1-4-13-39-22-11-9-17(31)14-21(22)26-25(29(37)38-3)16(2)32-30-33(26)27(34)24(41-30)15-18-10-12-23(40-18)19-7-5-6-8-20(19)28(35)36/h5-12,14-15,26H,4,13H2,1-3H3,(H,35,36)/b24-15+/t26-/m0/s1. The highest BCUT2D eigenvalue weighted by atomic mass is 35.5. The normalized spacial score (nSPS) is 14.9. The number of aromatic carboxylic acids is 1. The monoisotopic (exact) mass is 592 g/mol. The third-order valence-electron chi connectivity index (χ3n) is 6.48. The first-order valence-corrected chi connectivity index (χ1v) is 13.9. The van der Waals surface area contributed by atoms with Gasteiger partial charge in [0.1, 0.15) is 23.3 Å². The molecule has 0 unspecified atom stereocenters. The van der Waals surface area contributed by atoms with Gasteiger partial charge in [0, 0.05) is 22.2 Å². The number of ether oxygens (including phenoxy) is 2. The molecule has 0 fully saturated rings. The van der Waals surface area contributed by atoms with E-state index in [1.54, 1.807) is 61.5 Å². The quantitative estimate of drug-likeness (QED) is 0.292. The molecule has 41 heavy (non-hydrogen) atoms. The average molecular weight is 593 g/mol. The zero-order chi connectivity index (χ0) is 29.3. The molecule has 0 saturated carbocycles. The molecule has 1 aliphatic rings. The lowest BCUT2D eigenvalue weighted by Gasteiger charge is -2.26. The maximum atomic E-state index is 13.9. The highest BCUT2D eigenvalue weighted by molar-refractivity contribution is 7.07. The fourth-order valence-electron chi connectivity index (χ4n) is 4.65. The van der Waals surface area contributed by atoms with Gasteiger partial charge in [-0.1, -0.05) is 48.1 Å². The number of carbonyl (C=O) groups is 2. The number of methoxy groups -OCH3 is 1. The molecule has 0 bridgehead atoms. The van der Waals surface area contributed by atoms with E-state index in [4.69, 9.17) is 25.5 Å². The van der Waals surface area contributed by atoms with Crippen molar-refractivity contribution in [2.24, 2.45) is 4.99 Å². The van der Waals surface area contributed by atoms with Gasteiger partial charge >= 0.3 is 11.9 Å². The summed E-state index contributed by atoms with van der Waals surface area (Å²) in [5, 5.41) is 9.96. The van der Waals surface area contributed by atoms with Crippen LogP contribution >= 0.6 is 22.9 Å². The molecular formula is C30H25ClN2O7S. The lowest BCUT2D eigenvalue weighted by molar-refractivity contribution is -0.136. The molecule has 0 aliphatic carbocycles. The lowest BCUT2D eigenvalue weighted by atomic mass is 9.95. The Morgan fingerprint density at radius 2 is 1.98 bits per heavy atom. The summed E-state index contributed by atoms with van der Waals surface area (Å²) in [6, 6.07) is 14.0. The van der Waals surface area contributed by atoms with E-state index < -0.39 is 23.5 Å². The van der Waals surface area contributed by atoms with Crippen LogP contribution in [0, 0.1) is 0 Å². The van der Waals surface area contributed by atoms with E-state index in [1.807, 2.05) is 6.92 Å². The topological polar surface area (TPSA) is 120 Å². The Hall–Kier alpha value is -4.41. The van der Waals surface area contributed by atoms with Crippen molar-refractivity contribution < 1.29 is 28.6 Å². The number of carboxylic acid groups (broad SMARTS) is 1. The molecule has 0 spiro atoms. The number of thiazole rings is 1. The van der Waals surface area contributed by atoms with Crippen LogP contribution in [0.1, 0.15) is 48.0 Å². The number of furan rings is 1. The minimum Gasteiger partial charge on any atom is -0.493 e. The van der Waals surface area contributed by atoms with Gasteiger partial charge in [-0.05, 0) is 49.7 Å². The number of rotatable bonds is 8. The molecule has 5 rings (SSSR count). The van der Waals surface area contributed by atoms with E-state index in [2.05, 4.69) is 4.99 Å². The van der Waals surface area contributed by atoms with Gasteiger partial charge in [0.2, 0.25) is 0 Å². The van der Waals surface area contributed by atoms with Crippen molar-refractivity contribution in [2.45, 2.75) is 26.3 Å². The van der Waals surface area contributed by atoms with Crippen LogP contribution in [-0.4, -0.2) is 35.3 Å². The third-order valence-corrected chi connectivity index (χ3v) is 7.70. The van der Waals surface area contributed by atoms with E-state index in [-0.39, 0.29) is 11.1 Å². The van der Waals surface area contributed by atoms with Gasteiger partial charge in [-0.25, -0.2) is 14.6 Å². The van der Waals surface area contributed by atoms with Crippen molar-refractivity contribution in [3.05, 3.63) is 107 Å². The predicted molar refractivity (Wildman–Crippen MR) is 154 cm³/mol. The SMILES string of the molecule is CCCOc1ccc(Cl)cc1[C@H]1C(C(=O)OC)=C(C)N=c2s/c(=C/c3ccc(-c4ccccc4C(=O)O)o3)c(=O)n21.